The third kappa shape index (κ3) is 11.9. The molecule has 0 spiro atoms. The highest BCUT2D eigenvalue weighted by Crippen LogP contribution is 1.94. The van der Waals surface area contributed by atoms with Gasteiger partial charge in [-0.1, -0.05) is 27.2 Å². The molecule has 0 heterocycles. The van der Waals surface area contributed by atoms with Crippen LogP contribution in [0.3, 0.4) is 0 Å². The van der Waals surface area contributed by atoms with Crippen LogP contribution in [0.4, 0.5) is 0 Å². The van der Waals surface area contributed by atoms with Gasteiger partial charge >= 0.3 is 0 Å². The maximum absolute atomic E-state index is 11.5. The van der Waals surface area contributed by atoms with Crippen molar-refractivity contribution >= 4 is 5.91 Å². The number of carbonyl (C=O) groups is 1. The van der Waals surface area contributed by atoms with Crippen LogP contribution in [0, 0.1) is 5.92 Å². The number of nitrogens with one attached hydrogen (secondary N) is 2. The molecule has 4 nitrogen and oxygen atoms in total. The summed E-state index contributed by atoms with van der Waals surface area (Å²) in [5, 5.41) is 6.09. The lowest BCUT2D eigenvalue weighted by Gasteiger charge is -2.13. The van der Waals surface area contributed by atoms with E-state index >= 15 is 0 Å². The molecule has 1 unspecified atom stereocenters. The van der Waals surface area contributed by atoms with Gasteiger partial charge in [0.25, 0.3) is 0 Å². The molecule has 18 heavy (non-hydrogen) atoms. The highest BCUT2D eigenvalue weighted by molar-refractivity contribution is 5.78. The van der Waals surface area contributed by atoms with E-state index in [1.807, 2.05) is 6.92 Å². The van der Waals surface area contributed by atoms with E-state index in [-0.39, 0.29) is 11.9 Å². The van der Waals surface area contributed by atoms with Crippen molar-refractivity contribution in [3.8, 4) is 0 Å². The van der Waals surface area contributed by atoms with Gasteiger partial charge in [0.2, 0.25) is 5.91 Å². The molecule has 0 fully saturated rings. The summed E-state index contributed by atoms with van der Waals surface area (Å²) in [5.41, 5.74) is 0. The van der Waals surface area contributed by atoms with Gasteiger partial charge in [0.15, 0.2) is 0 Å². The molecule has 0 radical (unpaired) electrons. The summed E-state index contributed by atoms with van der Waals surface area (Å²) < 4.78 is 5.46. The Morgan fingerprint density at radius 1 is 1.28 bits per heavy atom. The highest BCUT2D eigenvalue weighted by atomic mass is 16.5. The van der Waals surface area contributed by atoms with Crippen molar-refractivity contribution in [2.75, 3.05) is 26.3 Å². The van der Waals surface area contributed by atoms with Crippen molar-refractivity contribution in [3.63, 3.8) is 0 Å². The minimum absolute atomic E-state index is 0.0825. The number of carbonyl (C=O) groups excluding carboxylic acids is 1. The van der Waals surface area contributed by atoms with E-state index < -0.39 is 0 Å². The molecule has 0 aliphatic rings. The molecule has 4 heteroatoms. The molecule has 108 valence electrons. The standard InChI is InChI=1S/C14H30N2O2/c1-5-7-13(4)16-14(17)10-15-8-6-9-18-11-12(2)3/h12-13,15H,5-11H2,1-4H3,(H,16,17). The smallest absolute Gasteiger partial charge is 0.234 e. The van der Waals surface area contributed by atoms with Crippen LogP contribution in [-0.4, -0.2) is 38.3 Å². The summed E-state index contributed by atoms with van der Waals surface area (Å²) in [6.45, 7) is 11.2. The van der Waals surface area contributed by atoms with Crippen molar-refractivity contribution in [3.05, 3.63) is 0 Å². The summed E-state index contributed by atoms with van der Waals surface area (Å²) in [4.78, 5) is 11.5. The maximum Gasteiger partial charge on any atom is 0.234 e. The number of hydrogen-bond acceptors (Lipinski definition) is 3. The number of ether oxygens (including phenoxy) is 1. The van der Waals surface area contributed by atoms with E-state index in [9.17, 15) is 4.79 Å². The first kappa shape index (κ1) is 17.4. The Morgan fingerprint density at radius 3 is 2.61 bits per heavy atom. The quantitative estimate of drug-likeness (QED) is 0.557. The van der Waals surface area contributed by atoms with Crippen LogP contribution in [0.1, 0.15) is 47.0 Å². The summed E-state index contributed by atoms with van der Waals surface area (Å²) in [6.07, 6.45) is 3.08. The fourth-order valence-electron chi connectivity index (χ4n) is 1.65. The molecule has 0 bridgehead atoms. The van der Waals surface area contributed by atoms with Gasteiger partial charge in [-0.15, -0.1) is 0 Å². The van der Waals surface area contributed by atoms with E-state index in [4.69, 9.17) is 4.74 Å². The summed E-state index contributed by atoms with van der Waals surface area (Å²) in [5.74, 6) is 0.669. The minimum atomic E-state index is 0.0825. The molecule has 0 aromatic rings. The summed E-state index contributed by atoms with van der Waals surface area (Å²) >= 11 is 0. The lowest BCUT2D eigenvalue weighted by Crippen LogP contribution is -2.39. The first-order valence-corrected chi connectivity index (χ1v) is 7.14. The van der Waals surface area contributed by atoms with Crippen molar-refractivity contribution in [2.45, 2.75) is 53.0 Å². The molecule has 1 atom stereocenters. The van der Waals surface area contributed by atoms with Crippen molar-refractivity contribution in [2.24, 2.45) is 5.92 Å². The van der Waals surface area contributed by atoms with Crippen LogP contribution in [-0.2, 0) is 9.53 Å². The van der Waals surface area contributed by atoms with Crippen LogP contribution in [0.5, 0.6) is 0 Å². The third-order valence-corrected chi connectivity index (χ3v) is 2.51. The molecule has 0 aliphatic carbocycles. The zero-order chi connectivity index (χ0) is 13.8. The molecule has 0 aromatic carbocycles. The Balaban J connectivity index is 3.30. The highest BCUT2D eigenvalue weighted by Gasteiger charge is 2.05. The number of hydrogen-bond donors (Lipinski definition) is 2. The fourth-order valence-corrected chi connectivity index (χ4v) is 1.65. The van der Waals surface area contributed by atoms with Crippen LogP contribution in [0.15, 0.2) is 0 Å². The predicted octanol–water partition coefficient (Wildman–Crippen LogP) is 1.94. The van der Waals surface area contributed by atoms with Gasteiger partial charge in [-0.3, -0.25) is 4.79 Å². The van der Waals surface area contributed by atoms with Gasteiger partial charge in [-0.2, -0.15) is 0 Å². The molecule has 0 rings (SSSR count). The van der Waals surface area contributed by atoms with Crippen LogP contribution < -0.4 is 10.6 Å². The molecular weight excluding hydrogens is 228 g/mol. The zero-order valence-electron chi connectivity index (χ0n) is 12.4. The van der Waals surface area contributed by atoms with Crippen LogP contribution in [0.25, 0.3) is 0 Å². The normalized spacial score (nSPS) is 12.7. The average Bonchev–Trinajstić information content (AvgIpc) is 2.27. The van der Waals surface area contributed by atoms with Gasteiger partial charge in [0, 0.05) is 19.3 Å². The van der Waals surface area contributed by atoms with Gasteiger partial charge in [0.1, 0.15) is 0 Å². The zero-order valence-corrected chi connectivity index (χ0v) is 12.4. The molecule has 0 saturated heterocycles. The van der Waals surface area contributed by atoms with Crippen molar-refractivity contribution < 1.29 is 9.53 Å². The van der Waals surface area contributed by atoms with Gasteiger partial charge in [0.05, 0.1) is 6.54 Å². The topological polar surface area (TPSA) is 50.4 Å². The van der Waals surface area contributed by atoms with Crippen LogP contribution >= 0.6 is 0 Å². The largest absolute Gasteiger partial charge is 0.381 e. The summed E-state index contributed by atoms with van der Waals surface area (Å²) in [7, 11) is 0. The number of amides is 1. The minimum Gasteiger partial charge on any atom is -0.381 e. The van der Waals surface area contributed by atoms with E-state index in [0.29, 0.717) is 12.5 Å². The summed E-state index contributed by atoms with van der Waals surface area (Å²) in [6, 6.07) is 0.277. The molecule has 2 N–H and O–H groups in total. The maximum atomic E-state index is 11.5. The molecule has 1 amide bonds. The Bertz CT molecular complexity index is 208. The average molecular weight is 258 g/mol. The second kappa shape index (κ2) is 11.5. The lowest BCUT2D eigenvalue weighted by atomic mass is 10.2. The molecule has 0 saturated carbocycles. The van der Waals surface area contributed by atoms with E-state index in [1.165, 1.54) is 0 Å². The number of rotatable bonds is 11. The fraction of sp³-hybridized carbons (Fsp3) is 0.929. The Kier molecular flexibility index (Phi) is 11.1. The monoisotopic (exact) mass is 258 g/mol. The van der Waals surface area contributed by atoms with E-state index in [1.54, 1.807) is 0 Å². The second-order valence-electron chi connectivity index (χ2n) is 5.26. The molecule has 0 aliphatic heterocycles. The molecular formula is C14H30N2O2. The predicted molar refractivity (Wildman–Crippen MR) is 75.7 cm³/mol. The van der Waals surface area contributed by atoms with Crippen LogP contribution in [0.2, 0.25) is 0 Å². The van der Waals surface area contributed by atoms with Crippen molar-refractivity contribution in [1.82, 2.24) is 10.6 Å². The van der Waals surface area contributed by atoms with Gasteiger partial charge in [-0.05, 0) is 32.2 Å². The first-order valence-electron chi connectivity index (χ1n) is 7.14. The third-order valence-electron chi connectivity index (χ3n) is 2.51. The Hall–Kier alpha value is -0.610. The van der Waals surface area contributed by atoms with Gasteiger partial charge in [-0.25, -0.2) is 0 Å². The SMILES string of the molecule is CCCC(C)NC(=O)CNCCCOCC(C)C. The van der Waals surface area contributed by atoms with Crippen molar-refractivity contribution in [1.29, 1.82) is 0 Å². The lowest BCUT2D eigenvalue weighted by molar-refractivity contribution is -0.120. The second-order valence-corrected chi connectivity index (χ2v) is 5.26. The van der Waals surface area contributed by atoms with E-state index in [0.717, 1.165) is 39.0 Å². The first-order chi connectivity index (χ1) is 8.56. The molecule has 0 aromatic heterocycles. The van der Waals surface area contributed by atoms with E-state index in [2.05, 4.69) is 31.4 Å². The Labute approximate surface area is 112 Å². The van der Waals surface area contributed by atoms with Gasteiger partial charge < -0.3 is 15.4 Å². The Morgan fingerprint density at radius 2 is 2.00 bits per heavy atom.